The minimum atomic E-state index is 0.573. The second-order valence-electron chi connectivity index (χ2n) is 5.22. The molecule has 1 fully saturated rings. The van der Waals surface area contributed by atoms with Crippen LogP contribution in [0.1, 0.15) is 43.5 Å². The molecule has 0 unspecified atom stereocenters. The standard InChI is InChI=1S/C14H24N4/c1-11-10-12(2)17-14(16-11)18(9-8-15)13-6-4-3-5-7-13/h10,13H,3-9,15H2,1-2H3. The Morgan fingerprint density at radius 1 is 1.17 bits per heavy atom. The molecule has 0 spiro atoms. The molecule has 0 aromatic carbocycles. The van der Waals surface area contributed by atoms with E-state index in [0.29, 0.717) is 12.6 Å². The van der Waals surface area contributed by atoms with Crippen molar-refractivity contribution >= 4 is 5.95 Å². The molecule has 2 rings (SSSR count). The lowest BCUT2D eigenvalue weighted by atomic mass is 9.94. The van der Waals surface area contributed by atoms with Crippen LogP contribution in [0.25, 0.3) is 0 Å². The van der Waals surface area contributed by atoms with Gasteiger partial charge in [0.25, 0.3) is 0 Å². The van der Waals surface area contributed by atoms with Crippen molar-refractivity contribution in [2.24, 2.45) is 5.73 Å². The molecule has 4 nitrogen and oxygen atoms in total. The van der Waals surface area contributed by atoms with Crippen molar-refractivity contribution in [2.75, 3.05) is 18.0 Å². The molecule has 1 aromatic heterocycles. The Morgan fingerprint density at radius 2 is 1.78 bits per heavy atom. The Morgan fingerprint density at radius 3 is 2.33 bits per heavy atom. The van der Waals surface area contributed by atoms with E-state index in [0.717, 1.165) is 23.9 Å². The van der Waals surface area contributed by atoms with Crippen LogP contribution < -0.4 is 10.6 Å². The first-order chi connectivity index (χ1) is 8.70. The summed E-state index contributed by atoms with van der Waals surface area (Å²) in [5, 5.41) is 0. The van der Waals surface area contributed by atoms with Gasteiger partial charge in [-0.05, 0) is 32.8 Å². The third-order valence-electron chi connectivity index (χ3n) is 3.61. The van der Waals surface area contributed by atoms with Gasteiger partial charge in [0.15, 0.2) is 0 Å². The molecule has 1 heterocycles. The van der Waals surface area contributed by atoms with Crippen LogP contribution in [-0.2, 0) is 0 Å². The normalized spacial score (nSPS) is 16.8. The highest BCUT2D eigenvalue weighted by Crippen LogP contribution is 2.25. The molecular formula is C14H24N4. The average molecular weight is 248 g/mol. The zero-order chi connectivity index (χ0) is 13.0. The van der Waals surface area contributed by atoms with E-state index in [9.17, 15) is 0 Å². The highest BCUT2D eigenvalue weighted by Gasteiger charge is 2.22. The van der Waals surface area contributed by atoms with Gasteiger partial charge in [-0.25, -0.2) is 9.97 Å². The minimum Gasteiger partial charge on any atom is -0.337 e. The molecule has 1 aliphatic carbocycles. The lowest BCUT2D eigenvalue weighted by molar-refractivity contribution is 0.411. The van der Waals surface area contributed by atoms with Gasteiger partial charge in [-0.15, -0.1) is 0 Å². The van der Waals surface area contributed by atoms with Crippen LogP contribution in [-0.4, -0.2) is 29.1 Å². The molecule has 0 saturated heterocycles. The van der Waals surface area contributed by atoms with Crippen LogP contribution in [0.2, 0.25) is 0 Å². The summed E-state index contributed by atoms with van der Waals surface area (Å²) in [6.45, 7) is 5.57. The zero-order valence-corrected chi connectivity index (χ0v) is 11.5. The molecule has 0 aliphatic heterocycles. The lowest BCUT2D eigenvalue weighted by Gasteiger charge is -2.34. The first-order valence-electron chi connectivity index (χ1n) is 6.99. The van der Waals surface area contributed by atoms with Gasteiger partial charge in [-0.3, -0.25) is 0 Å². The molecule has 0 atom stereocenters. The summed E-state index contributed by atoms with van der Waals surface area (Å²) >= 11 is 0. The van der Waals surface area contributed by atoms with E-state index < -0.39 is 0 Å². The van der Waals surface area contributed by atoms with E-state index in [-0.39, 0.29) is 0 Å². The van der Waals surface area contributed by atoms with Gasteiger partial charge >= 0.3 is 0 Å². The number of rotatable bonds is 4. The summed E-state index contributed by atoms with van der Waals surface area (Å²) in [5.74, 6) is 0.866. The van der Waals surface area contributed by atoms with E-state index in [1.54, 1.807) is 0 Å². The zero-order valence-electron chi connectivity index (χ0n) is 11.5. The minimum absolute atomic E-state index is 0.573. The third kappa shape index (κ3) is 3.19. The number of aromatic nitrogens is 2. The van der Waals surface area contributed by atoms with Crippen LogP contribution in [0.3, 0.4) is 0 Å². The number of anilines is 1. The maximum atomic E-state index is 5.75. The molecule has 100 valence electrons. The summed E-state index contributed by atoms with van der Waals surface area (Å²) in [5.41, 5.74) is 7.83. The van der Waals surface area contributed by atoms with E-state index >= 15 is 0 Å². The fraction of sp³-hybridized carbons (Fsp3) is 0.714. The Labute approximate surface area is 110 Å². The molecule has 0 radical (unpaired) electrons. The maximum Gasteiger partial charge on any atom is 0.226 e. The Hall–Kier alpha value is -1.16. The van der Waals surface area contributed by atoms with Crippen molar-refractivity contribution in [3.05, 3.63) is 17.5 Å². The van der Waals surface area contributed by atoms with Gasteiger partial charge in [0, 0.05) is 30.5 Å². The quantitative estimate of drug-likeness (QED) is 0.887. The Kier molecular flexibility index (Phi) is 4.53. The van der Waals surface area contributed by atoms with Crippen molar-refractivity contribution < 1.29 is 0 Å². The predicted octanol–water partition coefficient (Wildman–Crippen LogP) is 2.19. The summed E-state index contributed by atoms with van der Waals surface area (Å²) in [6.07, 6.45) is 6.49. The van der Waals surface area contributed by atoms with Crippen LogP contribution in [0.4, 0.5) is 5.95 Å². The molecule has 0 amide bonds. The summed E-state index contributed by atoms with van der Waals surface area (Å²) in [7, 11) is 0. The van der Waals surface area contributed by atoms with Crippen molar-refractivity contribution in [2.45, 2.75) is 52.0 Å². The number of nitrogens with two attached hydrogens (primary N) is 1. The first kappa shape index (κ1) is 13.3. The largest absolute Gasteiger partial charge is 0.337 e. The molecule has 2 N–H and O–H groups in total. The number of aryl methyl sites for hydroxylation is 2. The van der Waals surface area contributed by atoms with Crippen molar-refractivity contribution in [3.63, 3.8) is 0 Å². The Bertz CT molecular complexity index is 365. The molecule has 1 aromatic rings. The molecule has 1 saturated carbocycles. The number of nitrogens with zero attached hydrogens (tertiary/aromatic N) is 3. The van der Waals surface area contributed by atoms with E-state index in [1.165, 1.54) is 32.1 Å². The third-order valence-corrected chi connectivity index (χ3v) is 3.61. The van der Waals surface area contributed by atoms with E-state index in [2.05, 4.69) is 14.9 Å². The molecule has 0 bridgehead atoms. The predicted molar refractivity (Wildman–Crippen MR) is 74.8 cm³/mol. The smallest absolute Gasteiger partial charge is 0.226 e. The van der Waals surface area contributed by atoms with Gasteiger partial charge in [-0.2, -0.15) is 0 Å². The number of hydrogen-bond donors (Lipinski definition) is 1. The number of hydrogen-bond acceptors (Lipinski definition) is 4. The lowest BCUT2D eigenvalue weighted by Crippen LogP contribution is -2.41. The van der Waals surface area contributed by atoms with E-state index in [1.807, 2.05) is 19.9 Å². The van der Waals surface area contributed by atoms with Crippen LogP contribution in [0.5, 0.6) is 0 Å². The fourth-order valence-corrected chi connectivity index (χ4v) is 2.81. The van der Waals surface area contributed by atoms with Crippen molar-refractivity contribution in [1.82, 2.24) is 9.97 Å². The Balaban J connectivity index is 2.22. The summed E-state index contributed by atoms with van der Waals surface area (Å²) < 4.78 is 0. The van der Waals surface area contributed by atoms with Gasteiger partial charge in [-0.1, -0.05) is 19.3 Å². The van der Waals surface area contributed by atoms with Gasteiger partial charge < -0.3 is 10.6 Å². The van der Waals surface area contributed by atoms with E-state index in [4.69, 9.17) is 5.73 Å². The van der Waals surface area contributed by atoms with Gasteiger partial charge in [0.1, 0.15) is 0 Å². The van der Waals surface area contributed by atoms with Crippen molar-refractivity contribution in [1.29, 1.82) is 0 Å². The summed E-state index contributed by atoms with van der Waals surface area (Å²) in [4.78, 5) is 11.5. The van der Waals surface area contributed by atoms with Gasteiger partial charge in [0.05, 0.1) is 0 Å². The highest BCUT2D eigenvalue weighted by atomic mass is 15.3. The average Bonchev–Trinajstić information content (AvgIpc) is 2.36. The van der Waals surface area contributed by atoms with Crippen molar-refractivity contribution in [3.8, 4) is 0 Å². The van der Waals surface area contributed by atoms with Gasteiger partial charge in [0.2, 0.25) is 5.95 Å². The monoisotopic (exact) mass is 248 g/mol. The second-order valence-corrected chi connectivity index (χ2v) is 5.22. The summed E-state index contributed by atoms with van der Waals surface area (Å²) in [6, 6.07) is 2.59. The maximum absolute atomic E-state index is 5.75. The molecule has 4 heteroatoms. The second kappa shape index (κ2) is 6.14. The fourth-order valence-electron chi connectivity index (χ4n) is 2.81. The van der Waals surface area contributed by atoms with Crippen LogP contribution in [0, 0.1) is 13.8 Å². The highest BCUT2D eigenvalue weighted by molar-refractivity contribution is 5.34. The molecule has 18 heavy (non-hydrogen) atoms. The first-order valence-corrected chi connectivity index (χ1v) is 6.99. The molecular weight excluding hydrogens is 224 g/mol. The topological polar surface area (TPSA) is 55.0 Å². The molecule has 1 aliphatic rings. The SMILES string of the molecule is Cc1cc(C)nc(N(CCN)C2CCCCC2)n1. The van der Waals surface area contributed by atoms with Crippen LogP contribution >= 0.6 is 0 Å². The van der Waals surface area contributed by atoms with Crippen LogP contribution in [0.15, 0.2) is 6.07 Å².